The Kier molecular flexibility index (Phi) is 2.72. The van der Waals surface area contributed by atoms with Gasteiger partial charge in [0.15, 0.2) is 0 Å². The van der Waals surface area contributed by atoms with Crippen molar-refractivity contribution in [2.45, 2.75) is 0 Å². The fraction of sp³-hybridized carbons (Fsp3) is 0. The van der Waals surface area contributed by atoms with E-state index in [-0.39, 0.29) is 16.4 Å². The Morgan fingerprint density at radius 3 is 2.65 bits per heavy atom. The molecule has 0 aliphatic carbocycles. The number of carbonyl (C=O) groups is 1. The van der Waals surface area contributed by atoms with E-state index in [2.05, 4.69) is 5.10 Å². The smallest absolute Gasteiger partial charge is 0.353 e. The van der Waals surface area contributed by atoms with Crippen molar-refractivity contribution in [2.24, 2.45) is 0 Å². The van der Waals surface area contributed by atoms with Crippen LogP contribution in [0, 0.1) is 5.82 Å². The highest BCUT2D eigenvalue weighted by atomic mass is 35.5. The quantitative estimate of drug-likeness (QED) is 0.858. The van der Waals surface area contributed by atoms with E-state index in [1.54, 1.807) is 0 Å². The van der Waals surface area contributed by atoms with Crippen molar-refractivity contribution >= 4 is 17.6 Å². The van der Waals surface area contributed by atoms with E-state index >= 15 is 0 Å². The normalized spacial score (nSPS) is 10.5. The maximum atomic E-state index is 12.9. The molecule has 1 aromatic carbocycles. The van der Waals surface area contributed by atoms with Crippen molar-refractivity contribution in [1.82, 2.24) is 9.78 Å². The summed E-state index contributed by atoms with van der Waals surface area (Å²) in [7, 11) is 0. The van der Waals surface area contributed by atoms with E-state index in [4.69, 9.17) is 16.7 Å². The highest BCUT2D eigenvalue weighted by molar-refractivity contribution is 6.30. The zero-order valence-electron chi connectivity index (χ0n) is 8.28. The van der Waals surface area contributed by atoms with E-state index in [1.165, 1.54) is 12.1 Å². The van der Waals surface area contributed by atoms with Crippen molar-refractivity contribution in [3.63, 3.8) is 0 Å². The lowest BCUT2D eigenvalue weighted by atomic mass is 10.3. The molecule has 0 radical (unpaired) electrons. The van der Waals surface area contributed by atoms with Gasteiger partial charge in [-0.25, -0.2) is 13.9 Å². The maximum Gasteiger partial charge on any atom is 0.353 e. The van der Waals surface area contributed by atoms with Crippen LogP contribution in [0.3, 0.4) is 0 Å². The summed E-state index contributed by atoms with van der Waals surface area (Å²) in [5.74, 6) is -1.87. The lowest BCUT2D eigenvalue weighted by molar-refractivity contribution is 0.0690. The van der Waals surface area contributed by atoms with Crippen molar-refractivity contribution in [3.8, 4) is 5.69 Å². The number of H-pyrrole nitrogens is 1. The first-order valence-corrected chi connectivity index (χ1v) is 4.87. The van der Waals surface area contributed by atoms with Gasteiger partial charge in [0.25, 0.3) is 5.56 Å². The third kappa shape index (κ3) is 2.07. The first-order chi connectivity index (χ1) is 7.99. The van der Waals surface area contributed by atoms with Gasteiger partial charge in [0.05, 0.1) is 10.7 Å². The molecule has 0 amide bonds. The largest absolute Gasteiger partial charge is 0.477 e. The van der Waals surface area contributed by atoms with Crippen LogP contribution in [0.4, 0.5) is 4.39 Å². The van der Waals surface area contributed by atoms with E-state index in [1.807, 2.05) is 0 Å². The average molecular weight is 257 g/mol. The molecule has 2 N–H and O–H groups in total. The van der Waals surface area contributed by atoms with Crippen LogP contribution in [0.2, 0.25) is 5.02 Å². The minimum absolute atomic E-state index is 0.152. The average Bonchev–Trinajstić information content (AvgIpc) is 2.65. The summed E-state index contributed by atoms with van der Waals surface area (Å²) < 4.78 is 13.9. The van der Waals surface area contributed by atoms with Crippen LogP contribution in [0.25, 0.3) is 5.69 Å². The molecule has 88 valence electrons. The molecule has 0 saturated heterocycles. The van der Waals surface area contributed by atoms with Gasteiger partial charge in [0.2, 0.25) is 0 Å². The van der Waals surface area contributed by atoms with Crippen molar-refractivity contribution in [2.75, 3.05) is 0 Å². The Balaban J connectivity index is 2.56. The van der Waals surface area contributed by atoms with Crippen LogP contribution in [-0.4, -0.2) is 20.9 Å². The highest BCUT2D eigenvalue weighted by Gasteiger charge is 2.11. The van der Waals surface area contributed by atoms with E-state index in [0.29, 0.717) is 0 Å². The summed E-state index contributed by atoms with van der Waals surface area (Å²) in [4.78, 5) is 22.1. The lowest BCUT2D eigenvalue weighted by Gasteiger charge is -2.02. The zero-order chi connectivity index (χ0) is 12.6. The number of hydrogen-bond donors (Lipinski definition) is 2. The zero-order valence-corrected chi connectivity index (χ0v) is 9.03. The Morgan fingerprint density at radius 1 is 1.41 bits per heavy atom. The van der Waals surface area contributed by atoms with Crippen LogP contribution in [-0.2, 0) is 0 Å². The number of carboxylic acids is 1. The molecule has 0 unspecified atom stereocenters. The fourth-order valence-corrected chi connectivity index (χ4v) is 1.50. The number of aromatic carboxylic acids is 1. The second kappa shape index (κ2) is 4.06. The van der Waals surface area contributed by atoms with E-state index in [0.717, 1.165) is 16.8 Å². The van der Waals surface area contributed by atoms with E-state index in [9.17, 15) is 14.0 Å². The maximum absolute atomic E-state index is 12.9. The first kappa shape index (κ1) is 11.4. The van der Waals surface area contributed by atoms with Crippen LogP contribution in [0.15, 0.2) is 29.1 Å². The number of rotatable bonds is 2. The molecule has 0 saturated carbocycles. The van der Waals surface area contributed by atoms with Crippen LogP contribution < -0.4 is 5.56 Å². The van der Waals surface area contributed by atoms with Crippen LogP contribution >= 0.6 is 11.6 Å². The molecular weight excluding hydrogens is 251 g/mol. The van der Waals surface area contributed by atoms with Gasteiger partial charge in [-0.05, 0) is 18.2 Å². The molecule has 0 atom stereocenters. The predicted octanol–water partition coefficient (Wildman–Crippen LogP) is 1.66. The number of halogens is 2. The third-order valence-electron chi connectivity index (χ3n) is 2.11. The number of carboxylic acid groups (broad SMARTS) is 1. The summed E-state index contributed by atoms with van der Waals surface area (Å²) in [6.07, 6.45) is 0. The van der Waals surface area contributed by atoms with Gasteiger partial charge in [-0.15, -0.1) is 0 Å². The number of aromatic nitrogens is 2. The number of hydrogen-bond acceptors (Lipinski definition) is 2. The van der Waals surface area contributed by atoms with E-state index < -0.39 is 17.3 Å². The Labute approximate surface area is 99.0 Å². The first-order valence-electron chi connectivity index (χ1n) is 4.50. The SMILES string of the molecule is O=C(O)c1cc(=O)n(-c2ccc(F)c(Cl)c2)[nH]1. The Bertz CT molecular complexity index is 647. The topological polar surface area (TPSA) is 75.1 Å². The Morgan fingerprint density at radius 2 is 2.12 bits per heavy atom. The minimum Gasteiger partial charge on any atom is -0.477 e. The number of nitrogens with one attached hydrogen (secondary N) is 1. The van der Waals surface area contributed by atoms with Gasteiger partial charge in [-0.2, -0.15) is 0 Å². The van der Waals surface area contributed by atoms with Gasteiger partial charge >= 0.3 is 5.97 Å². The fourth-order valence-electron chi connectivity index (χ4n) is 1.32. The molecule has 17 heavy (non-hydrogen) atoms. The molecule has 7 heteroatoms. The lowest BCUT2D eigenvalue weighted by Crippen LogP contribution is -2.13. The summed E-state index contributed by atoms with van der Waals surface area (Å²) >= 11 is 5.56. The number of nitrogens with zero attached hydrogens (tertiary/aromatic N) is 1. The number of benzene rings is 1. The highest BCUT2D eigenvalue weighted by Crippen LogP contribution is 2.17. The second-order valence-corrected chi connectivity index (χ2v) is 3.65. The van der Waals surface area contributed by atoms with Gasteiger partial charge in [-0.1, -0.05) is 11.6 Å². The van der Waals surface area contributed by atoms with Gasteiger partial charge in [-0.3, -0.25) is 9.89 Å². The summed E-state index contributed by atoms with van der Waals surface area (Å²) in [6, 6.07) is 4.55. The van der Waals surface area contributed by atoms with Gasteiger partial charge < -0.3 is 5.11 Å². The number of aromatic amines is 1. The van der Waals surface area contributed by atoms with Gasteiger partial charge in [0, 0.05) is 6.07 Å². The van der Waals surface area contributed by atoms with Crippen molar-refractivity contribution in [1.29, 1.82) is 0 Å². The third-order valence-corrected chi connectivity index (χ3v) is 2.40. The molecule has 0 bridgehead atoms. The molecule has 1 heterocycles. The molecule has 0 spiro atoms. The molecule has 5 nitrogen and oxygen atoms in total. The molecule has 2 aromatic rings. The monoisotopic (exact) mass is 256 g/mol. The molecule has 0 aliphatic heterocycles. The molecule has 0 aliphatic rings. The molecule has 1 aromatic heterocycles. The second-order valence-electron chi connectivity index (χ2n) is 3.25. The summed E-state index contributed by atoms with van der Waals surface area (Å²) in [5, 5.41) is 10.9. The molecule has 0 fully saturated rings. The van der Waals surface area contributed by atoms with Crippen LogP contribution in [0.5, 0.6) is 0 Å². The Hall–Kier alpha value is -2.08. The van der Waals surface area contributed by atoms with Crippen molar-refractivity contribution < 1.29 is 14.3 Å². The standard InChI is InChI=1S/C10H6ClFN2O3/c11-6-3-5(1-2-7(6)12)14-9(15)4-8(13-14)10(16)17/h1-4,13H,(H,16,17). The van der Waals surface area contributed by atoms with Crippen LogP contribution in [0.1, 0.15) is 10.5 Å². The predicted molar refractivity (Wildman–Crippen MR) is 58.3 cm³/mol. The summed E-state index contributed by atoms with van der Waals surface area (Å²) in [5.41, 5.74) is -0.561. The molecule has 2 rings (SSSR count). The minimum atomic E-state index is -1.26. The van der Waals surface area contributed by atoms with Crippen molar-refractivity contribution in [3.05, 3.63) is 51.2 Å². The summed E-state index contributed by atoms with van der Waals surface area (Å²) in [6.45, 7) is 0. The van der Waals surface area contributed by atoms with Gasteiger partial charge in [0.1, 0.15) is 11.5 Å². The molecular formula is C10H6ClFN2O3.